The quantitative estimate of drug-likeness (QED) is 0.120. The number of carbonyl (C=O) groups excluding carboxylic acids is 1. The molecule has 0 radical (unpaired) electrons. The van der Waals surface area contributed by atoms with E-state index in [9.17, 15) is 9.18 Å². The summed E-state index contributed by atoms with van der Waals surface area (Å²) in [6.45, 7) is 2.89. The van der Waals surface area contributed by atoms with Crippen LogP contribution in [0.2, 0.25) is 5.02 Å². The van der Waals surface area contributed by atoms with Crippen molar-refractivity contribution in [2.24, 2.45) is 0 Å². The first-order chi connectivity index (χ1) is 20.9. The lowest BCUT2D eigenvalue weighted by Crippen LogP contribution is -1.99. The van der Waals surface area contributed by atoms with Gasteiger partial charge in [-0.3, -0.25) is 0 Å². The number of rotatable bonds is 15. The zero-order valence-electron chi connectivity index (χ0n) is 23.9. The smallest absolute Gasteiger partial charge is 0.141 e. The third-order valence-corrected chi connectivity index (χ3v) is 7.17. The number of furan rings is 1. The van der Waals surface area contributed by atoms with Gasteiger partial charge < -0.3 is 24.0 Å². The molecule has 0 atom stereocenters. The highest BCUT2D eigenvalue weighted by Crippen LogP contribution is 2.33. The van der Waals surface area contributed by atoms with E-state index in [1.165, 1.54) is 18.5 Å². The molecule has 0 saturated carbocycles. The fraction of sp³-hybridized carbons (Fsp3) is 0.265. The van der Waals surface area contributed by atoms with E-state index in [0.717, 1.165) is 59.4 Å². The summed E-state index contributed by atoms with van der Waals surface area (Å²) >= 11 is 6.50. The number of nitrogens with zero attached hydrogens (tertiary/aromatic N) is 2. The molecule has 5 rings (SSSR count). The summed E-state index contributed by atoms with van der Waals surface area (Å²) in [5.74, 6) is 2.53. The Morgan fingerprint density at radius 3 is 2.67 bits per heavy atom. The van der Waals surface area contributed by atoms with Crippen LogP contribution in [-0.4, -0.2) is 22.4 Å². The molecule has 5 aromatic rings. The van der Waals surface area contributed by atoms with Gasteiger partial charge in [0.15, 0.2) is 0 Å². The minimum absolute atomic E-state index is 0.202. The summed E-state index contributed by atoms with van der Waals surface area (Å²) in [5, 5.41) is 4.57. The number of ketones is 1. The molecular formula is C34H33ClFN3O4. The third kappa shape index (κ3) is 8.63. The summed E-state index contributed by atoms with van der Waals surface area (Å²) in [6, 6.07) is 21.4. The molecule has 0 aliphatic heterocycles. The van der Waals surface area contributed by atoms with E-state index in [0.29, 0.717) is 41.8 Å². The third-order valence-electron chi connectivity index (χ3n) is 6.87. The van der Waals surface area contributed by atoms with Gasteiger partial charge in [0, 0.05) is 29.7 Å². The summed E-state index contributed by atoms with van der Waals surface area (Å²) in [4.78, 5) is 19.9. The van der Waals surface area contributed by atoms with Crippen molar-refractivity contribution in [1.82, 2.24) is 9.97 Å². The largest absolute Gasteiger partial charge is 0.487 e. The molecule has 0 aliphatic carbocycles. The van der Waals surface area contributed by atoms with Crippen LogP contribution in [0.15, 0.2) is 83.5 Å². The Bertz CT molecular complexity index is 1690. The van der Waals surface area contributed by atoms with E-state index in [1.54, 1.807) is 31.2 Å². The van der Waals surface area contributed by atoms with E-state index < -0.39 is 0 Å². The number of carbonyl (C=O) groups is 1. The number of hydrogen-bond donors (Lipinski definition) is 1. The topological polar surface area (TPSA) is 86.5 Å². The number of unbranched alkanes of at least 4 members (excludes halogenated alkanes) is 3. The number of halogens is 2. The highest BCUT2D eigenvalue weighted by atomic mass is 35.5. The first kappa shape index (κ1) is 30.2. The van der Waals surface area contributed by atoms with E-state index >= 15 is 0 Å². The number of Topliss-reactive ketones (excluding diaryl/α,β-unsaturated/α-hetero) is 1. The van der Waals surface area contributed by atoms with Crippen LogP contribution in [0.25, 0.3) is 22.2 Å². The predicted octanol–water partition coefficient (Wildman–Crippen LogP) is 9.06. The van der Waals surface area contributed by atoms with Crippen LogP contribution in [-0.2, 0) is 22.7 Å². The Morgan fingerprint density at radius 1 is 0.953 bits per heavy atom. The standard InChI is InChI=1S/C34H33ClFN3O4/c1-23(40)7-4-2-3-5-16-41-21-28-12-15-32(43-28)25-10-13-31-29(18-25)34(38-22-37-31)39-27-11-14-33(30(35)19-27)42-20-24-8-6-9-26(36)17-24/h6,8-15,17-19,22H,2-5,7,16,20-21H2,1H3,(H,37,38,39). The van der Waals surface area contributed by atoms with Gasteiger partial charge in [0.25, 0.3) is 0 Å². The number of fused-ring (bicyclic) bond motifs is 1. The summed E-state index contributed by atoms with van der Waals surface area (Å²) in [5.41, 5.74) is 3.11. The fourth-order valence-electron chi connectivity index (χ4n) is 4.64. The van der Waals surface area contributed by atoms with Gasteiger partial charge in [0.2, 0.25) is 0 Å². The summed E-state index contributed by atoms with van der Waals surface area (Å²) in [6.07, 6.45) is 6.16. The fourth-order valence-corrected chi connectivity index (χ4v) is 4.88. The van der Waals surface area contributed by atoms with Gasteiger partial charge in [-0.25, -0.2) is 14.4 Å². The zero-order chi connectivity index (χ0) is 30.0. The molecule has 9 heteroatoms. The maximum absolute atomic E-state index is 13.5. The van der Waals surface area contributed by atoms with Gasteiger partial charge >= 0.3 is 0 Å². The average Bonchev–Trinajstić information content (AvgIpc) is 3.47. The number of anilines is 2. The van der Waals surface area contributed by atoms with Crippen molar-refractivity contribution in [3.05, 3.63) is 101 Å². The number of ether oxygens (including phenoxy) is 2. The molecule has 1 N–H and O–H groups in total. The Hall–Kier alpha value is -4.27. The highest BCUT2D eigenvalue weighted by Gasteiger charge is 2.11. The van der Waals surface area contributed by atoms with Crippen molar-refractivity contribution < 1.29 is 23.1 Å². The molecule has 0 spiro atoms. The molecule has 3 aromatic carbocycles. The monoisotopic (exact) mass is 601 g/mol. The maximum atomic E-state index is 13.5. The SMILES string of the molecule is CC(=O)CCCCCCOCc1ccc(-c2ccc3ncnc(Nc4ccc(OCc5cccc(F)c5)c(Cl)c4)c3c2)o1. The first-order valence-electron chi connectivity index (χ1n) is 14.3. The second-order valence-corrected chi connectivity index (χ2v) is 10.7. The van der Waals surface area contributed by atoms with E-state index in [4.69, 9.17) is 25.5 Å². The Balaban J connectivity index is 1.20. The molecule has 7 nitrogen and oxygen atoms in total. The minimum Gasteiger partial charge on any atom is -0.487 e. The van der Waals surface area contributed by atoms with Crippen LogP contribution >= 0.6 is 11.6 Å². The molecule has 0 fully saturated rings. The van der Waals surface area contributed by atoms with Crippen molar-refractivity contribution in [3.63, 3.8) is 0 Å². The van der Waals surface area contributed by atoms with Crippen molar-refractivity contribution >= 4 is 39.8 Å². The van der Waals surface area contributed by atoms with Crippen molar-refractivity contribution in [2.75, 3.05) is 11.9 Å². The molecule has 2 heterocycles. The Morgan fingerprint density at radius 2 is 1.84 bits per heavy atom. The Kier molecular flexibility index (Phi) is 10.4. The normalized spacial score (nSPS) is 11.1. The number of nitrogens with one attached hydrogen (secondary N) is 1. The van der Waals surface area contributed by atoms with Crippen LogP contribution in [0.1, 0.15) is 50.4 Å². The molecule has 0 amide bonds. The van der Waals surface area contributed by atoms with Crippen LogP contribution < -0.4 is 10.1 Å². The van der Waals surface area contributed by atoms with Gasteiger partial charge in [-0.15, -0.1) is 0 Å². The van der Waals surface area contributed by atoms with Crippen LogP contribution in [0.4, 0.5) is 15.9 Å². The van der Waals surface area contributed by atoms with Crippen LogP contribution in [0, 0.1) is 5.82 Å². The van der Waals surface area contributed by atoms with Crippen molar-refractivity contribution in [3.8, 4) is 17.1 Å². The summed E-state index contributed by atoms with van der Waals surface area (Å²) in [7, 11) is 0. The molecule has 0 saturated heterocycles. The van der Waals surface area contributed by atoms with Crippen molar-refractivity contribution in [1.29, 1.82) is 0 Å². The van der Waals surface area contributed by atoms with E-state index in [2.05, 4.69) is 15.3 Å². The average molecular weight is 602 g/mol. The lowest BCUT2D eigenvalue weighted by Gasteiger charge is -2.12. The number of hydrogen-bond acceptors (Lipinski definition) is 7. The minimum atomic E-state index is -0.311. The molecule has 0 aliphatic rings. The second-order valence-electron chi connectivity index (χ2n) is 10.3. The van der Waals surface area contributed by atoms with Gasteiger partial charge in [0.1, 0.15) is 54.2 Å². The lowest BCUT2D eigenvalue weighted by atomic mass is 10.1. The van der Waals surface area contributed by atoms with Gasteiger partial charge in [-0.2, -0.15) is 0 Å². The van der Waals surface area contributed by atoms with Gasteiger partial charge in [-0.05, 0) is 86.0 Å². The molecule has 0 bridgehead atoms. The maximum Gasteiger partial charge on any atom is 0.141 e. The molecule has 0 unspecified atom stereocenters. The van der Waals surface area contributed by atoms with Crippen LogP contribution in [0.3, 0.4) is 0 Å². The first-order valence-corrected chi connectivity index (χ1v) is 14.7. The van der Waals surface area contributed by atoms with Gasteiger partial charge in [-0.1, -0.05) is 36.6 Å². The van der Waals surface area contributed by atoms with Gasteiger partial charge in [0.05, 0.1) is 10.5 Å². The number of aromatic nitrogens is 2. The second kappa shape index (κ2) is 14.8. The molecule has 222 valence electrons. The molecular weight excluding hydrogens is 569 g/mol. The number of benzene rings is 3. The summed E-state index contributed by atoms with van der Waals surface area (Å²) < 4.78 is 31.1. The highest BCUT2D eigenvalue weighted by molar-refractivity contribution is 6.32. The van der Waals surface area contributed by atoms with E-state index in [-0.39, 0.29) is 18.2 Å². The lowest BCUT2D eigenvalue weighted by molar-refractivity contribution is -0.117. The molecule has 43 heavy (non-hydrogen) atoms. The van der Waals surface area contributed by atoms with Crippen LogP contribution in [0.5, 0.6) is 5.75 Å². The zero-order valence-corrected chi connectivity index (χ0v) is 24.7. The van der Waals surface area contributed by atoms with Crippen molar-refractivity contribution in [2.45, 2.75) is 52.2 Å². The Labute approximate surface area is 255 Å². The van der Waals surface area contributed by atoms with E-state index in [1.807, 2.05) is 36.4 Å². The predicted molar refractivity (Wildman–Crippen MR) is 166 cm³/mol. The molecule has 2 aromatic heterocycles.